The van der Waals surface area contributed by atoms with Gasteiger partial charge in [0.15, 0.2) is 0 Å². The van der Waals surface area contributed by atoms with Gasteiger partial charge in [0.25, 0.3) is 0 Å². The molecule has 1 aliphatic heterocycles. The van der Waals surface area contributed by atoms with Crippen molar-refractivity contribution < 1.29 is 15.0 Å². The summed E-state index contributed by atoms with van der Waals surface area (Å²) in [5.41, 5.74) is 0.781. The fraction of sp³-hybridized carbons (Fsp3) is 0.462. The molecule has 1 aromatic rings. The van der Waals surface area contributed by atoms with Crippen molar-refractivity contribution in [3.05, 3.63) is 30.3 Å². The molecular weight excluding hydrogens is 232 g/mol. The summed E-state index contributed by atoms with van der Waals surface area (Å²) in [6, 6.07) is 9.29. The van der Waals surface area contributed by atoms with Crippen LogP contribution in [0.1, 0.15) is 6.42 Å². The summed E-state index contributed by atoms with van der Waals surface area (Å²) >= 11 is 0. The van der Waals surface area contributed by atoms with Gasteiger partial charge in [0.05, 0.1) is 12.2 Å². The normalized spacial score (nSPS) is 24.1. The van der Waals surface area contributed by atoms with E-state index < -0.39 is 12.2 Å². The maximum absolute atomic E-state index is 11.7. The summed E-state index contributed by atoms with van der Waals surface area (Å²) in [6.45, 7) is 1.41. The Morgan fingerprint density at radius 2 is 1.83 bits per heavy atom. The number of nitrogens with zero attached hydrogens (tertiary/aromatic N) is 1. The Labute approximate surface area is 106 Å². The van der Waals surface area contributed by atoms with Crippen LogP contribution in [0.15, 0.2) is 30.3 Å². The number of para-hydroxylation sites is 1. The number of aliphatic hydroxyl groups is 2. The maximum Gasteiger partial charge on any atom is 0.225 e. The van der Waals surface area contributed by atoms with E-state index >= 15 is 0 Å². The predicted molar refractivity (Wildman–Crippen MR) is 68.1 cm³/mol. The third-order valence-electron chi connectivity index (χ3n) is 3.05. The van der Waals surface area contributed by atoms with Gasteiger partial charge in [0, 0.05) is 31.7 Å². The number of rotatable bonds is 4. The molecular formula is C13H18N2O3. The van der Waals surface area contributed by atoms with Crippen molar-refractivity contribution in [1.29, 1.82) is 0 Å². The molecule has 0 bridgehead atoms. The second-order valence-corrected chi connectivity index (χ2v) is 4.56. The first-order valence-corrected chi connectivity index (χ1v) is 6.08. The molecule has 2 atom stereocenters. The van der Waals surface area contributed by atoms with E-state index in [1.165, 1.54) is 0 Å². The van der Waals surface area contributed by atoms with E-state index in [1.54, 1.807) is 0 Å². The Kier molecular flexibility index (Phi) is 4.30. The average Bonchev–Trinajstić information content (AvgIpc) is 2.68. The number of carbonyl (C=O) groups excluding carboxylic acids is 1. The van der Waals surface area contributed by atoms with E-state index in [1.807, 2.05) is 35.2 Å². The molecule has 1 saturated heterocycles. The number of β-amino-alcohol motifs (C(OH)–C–C–N with tert-alkyl or cyclic N) is 2. The predicted octanol–water partition coefficient (Wildman–Crippen LogP) is 0.0526. The van der Waals surface area contributed by atoms with Crippen LogP contribution in [0.3, 0.4) is 0 Å². The monoisotopic (exact) mass is 250 g/mol. The van der Waals surface area contributed by atoms with Crippen LogP contribution in [-0.2, 0) is 4.79 Å². The van der Waals surface area contributed by atoms with Gasteiger partial charge in [-0.25, -0.2) is 0 Å². The zero-order valence-electron chi connectivity index (χ0n) is 10.1. The number of hydrogen-bond donors (Lipinski definition) is 3. The van der Waals surface area contributed by atoms with E-state index in [9.17, 15) is 15.0 Å². The molecule has 3 N–H and O–H groups in total. The first-order valence-electron chi connectivity index (χ1n) is 6.08. The minimum Gasteiger partial charge on any atom is -0.389 e. The highest BCUT2D eigenvalue weighted by molar-refractivity contribution is 5.90. The largest absolute Gasteiger partial charge is 0.389 e. The lowest BCUT2D eigenvalue weighted by Gasteiger charge is -2.14. The van der Waals surface area contributed by atoms with E-state index in [4.69, 9.17) is 0 Å². The lowest BCUT2D eigenvalue weighted by molar-refractivity contribution is -0.116. The molecule has 0 saturated carbocycles. The molecule has 0 spiro atoms. The summed E-state index contributed by atoms with van der Waals surface area (Å²) in [5.74, 6) is -0.0583. The van der Waals surface area contributed by atoms with E-state index in [2.05, 4.69) is 5.32 Å². The van der Waals surface area contributed by atoms with Crippen molar-refractivity contribution in [3.8, 4) is 0 Å². The molecule has 1 heterocycles. The molecule has 2 rings (SSSR count). The van der Waals surface area contributed by atoms with Crippen molar-refractivity contribution in [2.75, 3.05) is 25.0 Å². The minimum atomic E-state index is -0.692. The molecule has 0 aliphatic carbocycles. The summed E-state index contributed by atoms with van der Waals surface area (Å²) in [5, 5.41) is 21.6. The summed E-state index contributed by atoms with van der Waals surface area (Å²) in [7, 11) is 0. The van der Waals surface area contributed by atoms with Crippen LogP contribution in [0.25, 0.3) is 0 Å². The lowest BCUT2D eigenvalue weighted by atomic mass is 10.3. The van der Waals surface area contributed by atoms with Crippen LogP contribution in [0.4, 0.5) is 5.69 Å². The Morgan fingerprint density at radius 1 is 1.22 bits per heavy atom. The fourth-order valence-corrected chi connectivity index (χ4v) is 2.03. The molecule has 98 valence electrons. The summed E-state index contributed by atoms with van der Waals surface area (Å²) < 4.78 is 0. The van der Waals surface area contributed by atoms with Gasteiger partial charge in [0.2, 0.25) is 5.91 Å². The molecule has 0 radical (unpaired) electrons. The third kappa shape index (κ3) is 3.53. The van der Waals surface area contributed by atoms with Crippen LogP contribution >= 0.6 is 0 Å². The summed E-state index contributed by atoms with van der Waals surface area (Å²) in [6.07, 6.45) is -1.03. The zero-order valence-corrected chi connectivity index (χ0v) is 10.1. The number of benzene rings is 1. The lowest BCUT2D eigenvalue weighted by Crippen LogP contribution is -2.26. The van der Waals surface area contributed by atoms with Crippen LogP contribution in [0.5, 0.6) is 0 Å². The molecule has 5 nitrogen and oxygen atoms in total. The number of anilines is 1. The molecule has 1 aliphatic rings. The molecule has 5 heteroatoms. The Morgan fingerprint density at radius 3 is 2.44 bits per heavy atom. The van der Waals surface area contributed by atoms with Crippen molar-refractivity contribution in [1.82, 2.24) is 4.90 Å². The zero-order chi connectivity index (χ0) is 13.0. The Bertz CT molecular complexity index is 386. The topological polar surface area (TPSA) is 72.8 Å². The van der Waals surface area contributed by atoms with Crippen LogP contribution < -0.4 is 5.32 Å². The molecule has 0 aromatic heterocycles. The third-order valence-corrected chi connectivity index (χ3v) is 3.05. The highest BCUT2D eigenvalue weighted by Crippen LogP contribution is 2.11. The van der Waals surface area contributed by atoms with E-state index in [0.717, 1.165) is 5.69 Å². The minimum absolute atomic E-state index is 0.0583. The van der Waals surface area contributed by atoms with Crippen molar-refractivity contribution in [2.45, 2.75) is 18.6 Å². The van der Waals surface area contributed by atoms with Gasteiger partial charge >= 0.3 is 0 Å². The van der Waals surface area contributed by atoms with Gasteiger partial charge in [-0.3, -0.25) is 9.69 Å². The number of amides is 1. The van der Waals surface area contributed by atoms with Gasteiger partial charge in [-0.1, -0.05) is 18.2 Å². The van der Waals surface area contributed by atoms with Crippen molar-refractivity contribution >= 4 is 11.6 Å². The first-order chi connectivity index (χ1) is 8.65. The van der Waals surface area contributed by atoms with Gasteiger partial charge < -0.3 is 15.5 Å². The Hall–Kier alpha value is -1.43. The smallest absolute Gasteiger partial charge is 0.225 e. The molecule has 1 aromatic carbocycles. The number of likely N-dealkylation sites (tertiary alicyclic amines) is 1. The van der Waals surface area contributed by atoms with Gasteiger partial charge in [-0.2, -0.15) is 0 Å². The number of hydrogen-bond acceptors (Lipinski definition) is 4. The van der Waals surface area contributed by atoms with Gasteiger partial charge in [0.1, 0.15) is 0 Å². The van der Waals surface area contributed by atoms with Crippen LogP contribution in [-0.4, -0.2) is 52.9 Å². The standard InChI is InChI=1S/C13H18N2O3/c16-11-8-15(9-12(11)17)7-6-13(18)14-10-4-2-1-3-5-10/h1-5,11-12,16-17H,6-9H2,(H,14,18). The second kappa shape index (κ2) is 5.95. The number of aliphatic hydroxyl groups excluding tert-OH is 2. The molecule has 1 fully saturated rings. The SMILES string of the molecule is O=C(CCN1CC(O)C(O)C1)Nc1ccccc1. The number of carbonyl (C=O) groups is 1. The highest BCUT2D eigenvalue weighted by Gasteiger charge is 2.29. The fourth-order valence-electron chi connectivity index (χ4n) is 2.03. The quantitative estimate of drug-likeness (QED) is 0.706. The van der Waals surface area contributed by atoms with Gasteiger partial charge in [-0.15, -0.1) is 0 Å². The second-order valence-electron chi connectivity index (χ2n) is 4.56. The van der Waals surface area contributed by atoms with Gasteiger partial charge in [-0.05, 0) is 12.1 Å². The van der Waals surface area contributed by atoms with Crippen LogP contribution in [0.2, 0.25) is 0 Å². The molecule has 18 heavy (non-hydrogen) atoms. The highest BCUT2D eigenvalue weighted by atomic mass is 16.3. The first kappa shape index (κ1) is 13.0. The Balaban J connectivity index is 1.73. The molecule has 2 unspecified atom stereocenters. The van der Waals surface area contributed by atoms with Crippen molar-refractivity contribution in [2.24, 2.45) is 0 Å². The van der Waals surface area contributed by atoms with Crippen LogP contribution in [0, 0.1) is 0 Å². The molecule has 1 amide bonds. The summed E-state index contributed by atoms with van der Waals surface area (Å²) in [4.78, 5) is 13.6. The average molecular weight is 250 g/mol. The maximum atomic E-state index is 11.7. The van der Waals surface area contributed by atoms with Crippen molar-refractivity contribution in [3.63, 3.8) is 0 Å². The van der Waals surface area contributed by atoms with E-state index in [0.29, 0.717) is 26.1 Å². The number of nitrogens with one attached hydrogen (secondary N) is 1. The van der Waals surface area contributed by atoms with E-state index in [-0.39, 0.29) is 5.91 Å².